The summed E-state index contributed by atoms with van der Waals surface area (Å²) in [7, 11) is 0. The van der Waals surface area contributed by atoms with Crippen LogP contribution in [0.1, 0.15) is 10.5 Å². The Morgan fingerprint density at radius 1 is 1.28 bits per heavy atom. The van der Waals surface area contributed by atoms with Gasteiger partial charge in [-0.25, -0.2) is 0 Å². The van der Waals surface area contributed by atoms with Gasteiger partial charge in [-0.1, -0.05) is 18.2 Å². The predicted molar refractivity (Wildman–Crippen MR) is 105 cm³/mol. The highest BCUT2D eigenvalue weighted by Crippen LogP contribution is 2.77. The van der Waals surface area contributed by atoms with Gasteiger partial charge in [-0.05, 0) is 24.3 Å². The van der Waals surface area contributed by atoms with Crippen LogP contribution in [0.15, 0.2) is 54.9 Å². The molecule has 3 N–H and O–H groups in total. The summed E-state index contributed by atoms with van der Waals surface area (Å²) in [4.78, 5) is 18.7. The number of carbonyl (C=O) groups excluding carboxylic acids is 1. The zero-order valence-corrected chi connectivity index (χ0v) is 15.3. The zero-order valence-electron chi connectivity index (χ0n) is 15.3. The van der Waals surface area contributed by atoms with Gasteiger partial charge in [0.1, 0.15) is 5.69 Å². The van der Waals surface area contributed by atoms with Gasteiger partial charge in [0.05, 0.1) is 29.5 Å². The summed E-state index contributed by atoms with van der Waals surface area (Å²) in [6.45, 7) is 0.615. The number of aromatic amines is 1. The van der Waals surface area contributed by atoms with E-state index in [-0.39, 0.29) is 11.4 Å². The maximum Gasteiger partial charge on any atom is 0.269 e. The molecule has 2 aliphatic carbocycles. The number of pyridine rings is 1. The first kappa shape index (κ1) is 16.1. The van der Waals surface area contributed by atoms with Gasteiger partial charge in [-0.15, -0.1) is 0 Å². The molecule has 2 bridgehead atoms. The smallest absolute Gasteiger partial charge is 0.269 e. The molecular weight excluding hydrogens is 366 g/mol. The predicted octanol–water partition coefficient (Wildman–Crippen LogP) is 2.11. The van der Waals surface area contributed by atoms with Crippen molar-refractivity contribution in [3.63, 3.8) is 0 Å². The van der Waals surface area contributed by atoms with E-state index in [1.165, 1.54) is 0 Å². The SMILES string of the molecule is N#CN1CC2(NC(=O)c3cc(-c4cnccc4Nc4ccccc4)n[nH]3)C3C1C32. The molecule has 2 atom stereocenters. The topological polar surface area (TPSA) is 110 Å². The van der Waals surface area contributed by atoms with Crippen molar-refractivity contribution < 1.29 is 4.79 Å². The van der Waals surface area contributed by atoms with Crippen LogP contribution in [-0.2, 0) is 0 Å². The molecular formula is C21H17N7O. The van der Waals surface area contributed by atoms with Crippen molar-refractivity contribution in [3.05, 3.63) is 60.6 Å². The number of nitriles is 1. The molecule has 8 nitrogen and oxygen atoms in total. The Kier molecular flexibility index (Phi) is 3.10. The molecule has 4 heterocycles. The first-order valence-electron chi connectivity index (χ1n) is 9.52. The lowest BCUT2D eigenvalue weighted by molar-refractivity contribution is 0.0920. The molecule has 4 aliphatic rings. The van der Waals surface area contributed by atoms with Crippen LogP contribution in [0.2, 0.25) is 0 Å². The number of aromatic nitrogens is 3. The molecule has 1 amide bonds. The fraction of sp³-hybridized carbons (Fsp3) is 0.238. The lowest BCUT2D eigenvalue weighted by Crippen LogP contribution is -2.43. The molecule has 29 heavy (non-hydrogen) atoms. The number of para-hydroxylation sites is 1. The van der Waals surface area contributed by atoms with Crippen molar-refractivity contribution >= 4 is 17.3 Å². The lowest BCUT2D eigenvalue weighted by atomic mass is 10.1. The Balaban J connectivity index is 1.22. The van der Waals surface area contributed by atoms with Crippen LogP contribution in [-0.4, -0.2) is 44.1 Å². The van der Waals surface area contributed by atoms with E-state index in [1.807, 2.05) is 36.4 Å². The number of hydrogen-bond donors (Lipinski definition) is 3. The van der Waals surface area contributed by atoms with Gasteiger partial charge in [-0.2, -0.15) is 10.4 Å². The summed E-state index contributed by atoms with van der Waals surface area (Å²) >= 11 is 0. The van der Waals surface area contributed by atoms with Crippen molar-refractivity contribution in [1.29, 1.82) is 5.26 Å². The lowest BCUT2D eigenvalue weighted by Gasteiger charge is -2.15. The van der Waals surface area contributed by atoms with E-state index >= 15 is 0 Å². The van der Waals surface area contributed by atoms with E-state index in [0.29, 0.717) is 35.8 Å². The van der Waals surface area contributed by atoms with Gasteiger partial charge in [0, 0.05) is 35.5 Å². The van der Waals surface area contributed by atoms with E-state index in [0.717, 1.165) is 16.9 Å². The van der Waals surface area contributed by atoms with Gasteiger partial charge in [0.2, 0.25) is 0 Å². The van der Waals surface area contributed by atoms with Crippen LogP contribution in [0, 0.1) is 23.3 Å². The van der Waals surface area contributed by atoms with Crippen LogP contribution >= 0.6 is 0 Å². The number of anilines is 2. The first-order chi connectivity index (χ1) is 14.2. The monoisotopic (exact) mass is 383 g/mol. The Hall–Kier alpha value is -3.86. The van der Waals surface area contributed by atoms with Crippen LogP contribution in [0.25, 0.3) is 11.3 Å². The Morgan fingerprint density at radius 3 is 2.86 bits per heavy atom. The highest BCUT2D eigenvalue weighted by atomic mass is 16.2. The maximum atomic E-state index is 12.7. The van der Waals surface area contributed by atoms with Gasteiger partial charge in [0.15, 0.2) is 6.19 Å². The van der Waals surface area contributed by atoms with Gasteiger partial charge in [0.25, 0.3) is 5.91 Å². The van der Waals surface area contributed by atoms with E-state index in [1.54, 1.807) is 23.4 Å². The number of hydrogen-bond acceptors (Lipinski definition) is 6. The van der Waals surface area contributed by atoms with Crippen LogP contribution in [0.5, 0.6) is 0 Å². The third-order valence-electron chi connectivity index (χ3n) is 6.30. The minimum Gasteiger partial charge on any atom is -0.355 e. The number of piperidine rings is 1. The van der Waals surface area contributed by atoms with Crippen molar-refractivity contribution in [1.82, 2.24) is 25.4 Å². The number of carbonyl (C=O) groups is 1. The first-order valence-corrected chi connectivity index (χ1v) is 9.52. The molecule has 2 saturated heterocycles. The van der Waals surface area contributed by atoms with Gasteiger partial charge < -0.3 is 15.5 Å². The minimum absolute atomic E-state index is 0.184. The maximum absolute atomic E-state index is 12.7. The molecule has 4 fully saturated rings. The normalized spacial score (nSPS) is 27.7. The molecule has 7 rings (SSSR count). The summed E-state index contributed by atoms with van der Waals surface area (Å²) < 4.78 is 0. The molecule has 1 aromatic carbocycles. The number of amides is 1. The van der Waals surface area contributed by atoms with E-state index in [2.05, 4.69) is 32.0 Å². The van der Waals surface area contributed by atoms with E-state index in [9.17, 15) is 4.79 Å². The number of nitrogens with one attached hydrogen (secondary N) is 3. The quantitative estimate of drug-likeness (QED) is 0.582. The van der Waals surface area contributed by atoms with Crippen LogP contribution < -0.4 is 10.6 Å². The number of fused-ring (bicyclic) bond motifs is 1. The van der Waals surface area contributed by atoms with E-state index < -0.39 is 0 Å². The van der Waals surface area contributed by atoms with Crippen LogP contribution in [0.4, 0.5) is 11.4 Å². The average molecular weight is 383 g/mol. The van der Waals surface area contributed by atoms with Crippen molar-refractivity contribution in [2.24, 2.45) is 11.8 Å². The fourth-order valence-electron chi connectivity index (χ4n) is 4.82. The van der Waals surface area contributed by atoms with Crippen molar-refractivity contribution in [2.45, 2.75) is 11.6 Å². The number of rotatable bonds is 5. The third-order valence-corrected chi connectivity index (χ3v) is 6.30. The number of benzene rings is 1. The van der Waals surface area contributed by atoms with E-state index in [4.69, 9.17) is 5.26 Å². The van der Waals surface area contributed by atoms with Crippen molar-refractivity contribution in [3.8, 4) is 17.5 Å². The van der Waals surface area contributed by atoms with Gasteiger partial charge >= 0.3 is 0 Å². The highest BCUT2D eigenvalue weighted by Gasteiger charge is 2.91. The second-order valence-corrected chi connectivity index (χ2v) is 7.84. The molecule has 2 aromatic heterocycles. The Bertz CT molecular complexity index is 1160. The molecule has 2 saturated carbocycles. The Morgan fingerprint density at radius 2 is 2.10 bits per heavy atom. The second-order valence-electron chi connectivity index (χ2n) is 7.84. The molecule has 142 valence electrons. The summed E-state index contributed by atoms with van der Waals surface area (Å²) in [5.74, 6) is 0.693. The fourth-order valence-corrected chi connectivity index (χ4v) is 4.82. The zero-order chi connectivity index (χ0) is 19.6. The summed E-state index contributed by atoms with van der Waals surface area (Å²) in [6, 6.07) is 13.8. The Labute approximate surface area is 166 Å². The van der Waals surface area contributed by atoms with Crippen molar-refractivity contribution in [2.75, 3.05) is 11.9 Å². The molecule has 0 spiro atoms. The molecule has 3 aromatic rings. The summed E-state index contributed by atoms with van der Waals surface area (Å²) in [6.07, 6.45) is 5.65. The molecule has 2 aliphatic heterocycles. The summed E-state index contributed by atoms with van der Waals surface area (Å²) in [5, 5.41) is 22.8. The molecule has 0 radical (unpaired) electrons. The largest absolute Gasteiger partial charge is 0.355 e. The standard InChI is InChI=1S/C21H17N7O/c22-11-28-10-21(17-18(21)19(17)28)25-20(29)16-8-15(26-27-16)13-9-23-7-6-14(13)24-12-4-2-1-3-5-12/h1-9,17-19H,10H2,(H,23,24)(H,25,29)(H,26,27). The number of H-pyrrole nitrogens is 1. The third kappa shape index (κ3) is 2.27. The average Bonchev–Trinajstić information content (AvgIpc) is 3.42. The summed E-state index contributed by atoms with van der Waals surface area (Å²) in [5.41, 5.74) is 3.45. The molecule has 2 unspecified atom stereocenters. The van der Waals surface area contributed by atoms with Crippen LogP contribution in [0.3, 0.4) is 0 Å². The minimum atomic E-state index is -0.211. The second kappa shape index (κ2) is 5.58. The number of nitrogens with zero attached hydrogens (tertiary/aromatic N) is 4. The van der Waals surface area contributed by atoms with Gasteiger partial charge in [-0.3, -0.25) is 14.9 Å². The highest BCUT2D eigenvalue weighted by molar-refractivity contribution is 5.95. The molecule has 8 heteroatoms.